The zero-order valence-corrected chi connectivity index (χ0v) is 12.8. The number of piperidine rings is 1. The summed E-state index contributed by atoms with van der Waals surface area (Å²) in [7, 11) is 3.25. The summed E-state index contributed by atoms with van der Waals surface area (Å²) < 4.78 is 4.86. The van der Waals surface area contributed by atoms with Gasteiger partial charge in [0.05, 0.1) is 25.0 Å². The van der Waals surface area contributed by atoms with Crippen molar-refractivity contribution in [2.24, 2.45) is 0 Å². The second kappa shape index (κ2) is 4.63. The summed E-state index contributed by atoms with van der Waals surface area (Å²) >= 11 is 0. The lowest BCUT2D eigenvalue weighted by atomic mass is 9.89. The predicted molar refractivity (Wildman–Crippen MR) is 82.3 cm³/mol. The third-order valence-electron chi connectivity index (χ3n) is 5.18. The molecule has 6 nitrogen and oxygen atoms in total. The van der Waals surface area contributed by atoms with E-state index in [1.807, 2.05) is 19.2 Å². The van der Waals surface area contributed by atoms with Crippen molar-refractivity contribution in [3.63, 3.8) is 0 Å². The van der Waals surface area contributed by atoms with E-state index in [0.717, 1.165) is 12.1 Å². The highest BCUT2D eigenvalue weighted by Gasteiger charge is 2.47. The second-order valence-corrected chi connectivity index (χ2v) is 6.17. The number of amides is 2. The van der Waals surface area contributed by atoms with Crippen molar-refractivity contribution in [1.82, 2.24) is 4.90 Å². The van der Waals surface area contributed by atoms with Crippen LogP contribution in [0, 0.1) is 0 Å². The summed E-state index contributed by atoms with van der Waals surface area (Å²) in [6.07, 6.45) is 0.600. The van der Waals surface area contributed by atoms with Crippen molar-refractivity contribution in [3.8, 4) is 0 Å². The van der Waals surface area contributed by atoms with E-state index in [9.17, 15) is 9.59 Å². The van der Waals surface area contributed by atoms with Crippen LogP contribution in [0.2, 0.25) is 0 Å². The zero-order valence-electron chi connectivity index (χ0n) is 12.8. The summed E-state index contributed by atoms with van der Waals surface area (Å²) in [4.78, 5) is 29.8. The van der Waals surface area contributed by atoms with E-state index in [0.29, 0.717) is 25.7 Å². The monoisotopic (exact) mass is 301 g/mol. The van der Waals surface area contributed by atoms with Crippen LogP contribution in [0.4, 0.5) is 16.2 Å². The summed E-state index contributed by atoms with van der Waals surface area (Å²) in [6, 6.07) is 6.43. The molecule has 116 valence electrons. The van der Waals surface area contributed by atoms with Crippen molar-refractivity contribution in [2.75, 3.05) is 43.6 Å². The minimum Gasteiger partial charge on any atom is -0.453 e. The maximum atomic E-state index is 12.2. The Morgan fingerprint density at radius 1 is 1.36 bits per heavy atom. The lowest BCUT2D eigenvalue weighted by Crippen LogP contribution is -2.52. The van der Waals surface area contributed by atoms with Crippen LogP contribution in [0.1, 0.15) is 17.9 Å². The van der Waals surface area contributed by atoms with Crippen LogP contribution in [-0.2, 0) is 9.53 Å². The maximum absolute atomic E-state index is 12.2. The van der Waals surface area contributed by atoms with Crippen LogP contribution >= 0.6 is 0 Å². The van der Waals surface area contributed by atoms with Crippen LogP contribution in [0.3, 0.4) is 0 Å². The second-order valence-electron chi connectivity index (χ2n) is 6.17. The molecule has 2 atom stereocenters. The summed E-state index contributed by atoms with van der Waals surface area (Å²) in [5, 5.41) is 0. The first-order valence-corrected chi connectivity index (χ1v) is 7.61. The van der Waals surface area contributed by atoms with Gasteiger partial charge in [-0.3, -0.25) is 4.79 Å². The molecule has 1 saturated heterocycles. The van der Waals surface area contributed by atoms with E-state index < -0.39 is 0 Å². The van der Waals surface area contributed by atoms with E-state index in [1.165, 1.54) is 18.4 Å². The molecule has 22 heavy (non-hydrogen) atoms. The number of likely N-dealkylation sites (tertiary alicyclic amines) is 1. The lowest BCUT2D eigenvalue weighted by molar-refractivity contribution is -0.117. The first-order chi connectivity index (χ1) is 10.6. The molecule has 0 aliphatic carbocycles. The van der Waals surface area contributed by atoms with Gasteiger partial charge in [0.25, 0.3) is 0 Å². The SMILES string of the molecule is COC(=O)N1CCC2C(C1)c1cccc3c1N2CC(=O)N3C. The number of fused-ring (bicyclic) bond motifs is 3. The normalized spacial score (nSPS) is 25.9. The summed E-state index contributed by atoms with van der Waals surface area (Å²) in [5.74, 6) is 0.378. The molecule has 1 fully saturated rings. The Morgan fingerprint density at radius 2 is 2.18 bits per heavy atom. The van der Waals surface area contributed by atoms with Gasteiger partial charge in [-0.1, -0.05) is 12.1 Å². The number of likely N-dealkylation sites (N-methyl/N-ethyl adjacent to an activating group) is 1. The first kappa shape index (κ1) is 13.4. The quantitative estimate of drug-likeness (QED) is 0.727. The standard InChI is InChI=1S/C16H19N3O3/c1-17-13-5-3-4-10-11-8-18(16(21)22-2)7-6-12(11)19(15(10)13)9-14(17)20/h3-5,11-12H,6-9H2,1-2H3. The average Bonchev–Trinajstić information content (AvgIpc) is 2.86. The molecule has 0 radical (unpaired) electrons. The number of hydrogen-bond donors (Lipinski definition) is 0. The number of para-hydroxylation sites is 1. The largest absolute Gasteiger partial charge is 0.453 e. The van der Waals surface area contributed by atoms with Crippen LogP contribution in [0.5, 0.6) is 0 Å². The van der Waals surface area contributed by atoms with Crippen LogP contribution < -0.4 is 9.80 Å². The molecule has 0 spiro atoms. The minimum atomic E-state index is -0.266. The van der Waals surface area contributed by atoms with E-state index >= 15 is 0 Å². The summed E-state index contributed by atoms with van der Waals surface area (Å²) in [6.45, 7) is 1.76. The molecule has 1 aromatic rings. The van der Waals surface area contributed by atoms with Gasteiger partial charge in [-0.05, 0) is 18.1 Å². The molecule has 0 N–H and O–H groups in total. The molecule has 3 heterocycles. The number of carbonyl (C=O) groups is 2. The number of hydrogen-bond acceptors (Lipinski definition) is 4. The topological polar surface area (TPSA) is 53.1 Å². The Labute approximate surface area is 129 Å². The Kier molecular flexibility index (Phi) is 2.82. The van der Waals surface area contributed by atoms with Crippen molar-refractivity contribution in [3.05, 3.63) is 23.8 Å². The molecule has 2 amide bonds. The van der Waals surface area contributed by atoms with E-state index in [4.69, 9.17) is 4.74 Å². The van der Waals surface area contributed by atoms with Crippen LogP contribution in [-0.4, -0.2) is 56.7 Å². The van der Waals surface area contributed by atoms with E-state index in [2.05, 4.69) is 11.0 Å². The third-order valence-corrected chi connectivity index (χ3v) is 5.18. The predicted octanol–water partition coefficient (Wildman–Crippen LogP) is 1.41. The number of rotatable bonds is 0. The maximum Gasteiger partial charge on any atom is 0.409 e. The molecule has 3 aliphatic heterocycles. The third kappa shape index (κ3) is 1.66. The number of ether oxygens (including phenoxy) is 1. The fourth-order valence-corrected chi connectivity index (χ4v) is 4.09. The number of nitrogens with zero attached hydrogens (tertiary/aromatic N) is 3. The summed E-state index contributed by atoms with van der Waals surface area (Å²) in [5.41, 5.74) is 3.40. The number of methoxy groups -OCH3 is 1. The Balaban J connectivity index is 1.75. The van der Waals surface area contributed by atoms with Crippen LogP contribution in [0.25, 0.3) is 0 Å². The van der Waals surface area contributed by atoms with Gasteiger partial charge in [0.15, 0.2) is 0 Å². The van der Waals surface area contributed by atoms with Gasteiger partial charge in [-0.25, -0.2) is 4.79 Å². The van der Waals surface area contributed by atoms with Crippen molar-refractivity contribution in [1.29, 1.82) is 0 Å². The zero-order chi connectivity index (χ0) is 15.4. The van der Waals surface area contributed by atoms with Gasteiger partial charge >= 0.3 is 6.09 Å². The molecule has 2 unspecified atom stereocenters. The number of carbonyl (C=O) groups excluding carboxylic acids is 2. The fourth-order valence-electron chi connectivity index (χ4n) is 4.09. The molecular formula is C16H19N3O3. The van der Waals surface area contributed by atoms with E-state index in [1.54, 1.807) is 9.80 Å². The number of benzene rings is 1. The highest BCUT2D eigenvalue weighted by Crippen LogP contribution is 2.50. The molecule has 0 aromatic heterocycles. The van der Waals surface area contributed by atoms with Crippen LogP contribution in [0.15, 0.2) is 18.2 Å². The van der Waals surface area contributed by atoms with Gasteiger partial charge in [-0.15, -0.1) is 0 Å². The fraction of sp³-hybridized carbons (Fsp3) is 0.500. The van der Waals surface area contributed by atoms with Gasteiger partial charge in [-0.2, -0.15) is 0 Å². The molecule has 6 heteroatoms. The van der Waals surface area contributed by atoms with Crippen molar-refractivity contribution >= 4 is 23.4 Å². The van der Waals surface area contributed by atoms with Crippen molar-refractivity contribution in [2.45, 2.75) is 18.4 Å². The molecule has 1 aromatic carbocycles. The van der Waals surface area contributed by atoms with E-state index in [-0.39, 0.29) is 17.9 Å². The van der Waals surface area contributed by atoms with Gasteiger partial charge in [0.2, 0.25) is 5.91 Å². The van der Waals surface area contributed by atoms with Crippen molar-refractivity contribution < 1.29 is 14.3 Å². The lowest BCUT2D eigenvalue weighted by Gasteiger charge is -2.40. The average molecular weight is 301 g/mol. The minimum absolute atomic E-state index is 0.126. The highest BCUT2D eigenvalue weighted by molar-refractivity contribution is 6.04. The Hall–Kier alpha value is -2.24. The molecule has 4 rings (SSSR count). The molecule has 0 saturated carbocycles. The molecule has 3 aliphatic rings. The molecular weight excluding hydrogens is 282 g/mol. The highest BCUT2D eigenvalue weighted by atomic mass is 16.5. The Bertz CT molecular complexity index is 660. The molecule has 0 bridgehead atoms. The smallest absolute Gasteiger partial charge is 0.409 e. The van der Waals surface area contributed by atoms with Gasteiger partial charge < -0.3 is 19.4 Å². The first-order valence-electron chi connectivity index (χ1n) is 7.61. The van der Waals surface area contributed by atoms with Gasteiger partial charge in [0, 0.05) is 32.1 Å². The Morgan fingerprint density at radius 3 is 2.95 bits per heavy atom. The number of anilines is 2. The van der Waals surface area contributed by atoms with Gasteiger partial charge in [0.1, 0.15) is 0 Å².